The number of nitrogens with two attached hydrogens (primary N) is 1. The fourth-order valence-electron chi connectivity index (χ4n) is 1.34. The van der Waals surface area contributed by atoms with Gasteiger partial charge in [-0.1, -0.05) is 16.8 Å². The molecule has 0 saturated carbocycles. The molecule has 1 heterocycles. The number of nitrogens with zero attached hydrogens (tertiary/aromatic N) is 1. The Morgan fingerprint density at radius 2 is 2.20 bits per heavy atom. The smallest absolute Gasteiger partial charge is 0.187 e. The molecule has 0 spiro atoms. The van der Waals surface area contributed by atoms with Gasteiger partial charge in [-0.3, -0.25) is 0 Å². The number of hydrogen-bond donors (Lipinski definition) is 1. The molecule has 2 rings (SSSR count). The Hall–Kier alpha value is -1.55. The lowest BCUT2D eigenvalue weighted by molar-refractivity contribution is 0.435. The Balaban J connectivity index is 2.59. The lowest BCUT2D eigenvalue weighted by Crippen LogP contribution is -1.85. The van der Waals surface area contributed by atoms with Crippen molar-refractivity contribution < 1.29 is 8.91 Å². The average molecular weight is 227 g/mol. The van der Waals surface area contributed by atoms with Gasteiger partial charge in [0.05, 0.1) is 0 Å². The van der Waals surface area contributed by atoms with Gasteiger partial charge in [0.15, 0.2) is 11.6 Å². The molecular weight excluding hydrogens is 219 g/mol. The minimum atomic E-state index is -0.306. The van der Waals surface area contributed by atoms with Crippen molar-refractivity contribution in [2.45, 2.75) is 6.92 Å². The Bertz CT molecular complexity index is 510. The van der Waals surface area contributed by atoms with E-state index in [0.717, 1.165) is 0 Å². The van der Waals surface area contributed by atoms with Crippen molar-refractivity contribution >= 4 is 17.4 Å². The molecule has 0 atom stereocenters. The zero-order valence-corrected chi connectivity index (χ0v) is 8.68. The van der Waals surface area contributed by atoms with E-state index in [9.17, 15) is 4.39 Å². The van der Waals surface area contributed by atoms with Crippen LogP contribution in [0.4, 0.5) is 10.2 Å². The summed E-state index contributed by atoms with van der Waals surface area (Å²) in [6, 6.07) is 4.30. The first kappa shape index (κ1) is 9.98. The predicted octanol–water partition coefficient (Wildman–Crippen LogP) is 3.02. The van der Waals surface area contributed by atoms with Gasteiger partial charge in [0.2, 0.25) is 0 Å². The topological polar surface area (TPSA) is 52.0 Å². The number of rotatable bonds is 1. The molecule has 0 bridgehead atoms. The molecule has 0 unspecified atom stereocenters. The number of anilines is 1. The molecule has 5 heteroatoms. The van der Waals surface area contributed by atoms with Crippen molar-refractivity contribution in [3.8, 4) is 11.3 Å². The van der Waals surface area contributed by atoms with Gasteiger partial charge < -0.3 is 10.3 Å². The predicted molar refractivity (Wildman–Crippen MR) is 56.1 cm³/mol. The monoisotopic (exact) mass is 226 g/mol. The summed E-state index contributed by atoms with van der Waals surface area (Å²) >= 11 is 5.88. The molecule has 0 amide bonds. The number of hydrogen-bond acceptors (Lipinski definition) is 3. The van der Waals surface area contributed by atoms with E-state index in [1.807, 2.05) is 0 Å². The highest BCUT2D eigenvalue weighted by Gasteiger charge is 2.15. The highest BCUT2D eigenvalue weighted by Crippen LogP contribution is 2.33. The lowest BCUT2D eigenvalue weighted by Gasteiger charge is -2.01. The highest BCUT2D eigenvalue weighted by atomic mass is 35.5. The summed E-state index contributed by atoms with van der Waals surface area (Å²) in [5.74, 6) is 0.196. The van der Waals surface area contributed by atoms with E-state index in [4.69, 9.17) is 21.9 Å². The molecule has 1 aromatic carbocycles. The Morgan fingerprint density at radius 3 is 2.73 bits per heavy atom. The van der Waals surface area contributed by atoms with Gasteiger partial charge in [0.1, 0.15) is 10.8 Å². The van der Waals surface area contributed by atoms with E-state index in [2.05, 4.69) is 5.16 Å². The highest BCUT2D eigenvalue weighted by molar-refractivity contribution is 6.35. The maximum Gasteiger partial charge on any atom is 0.187 e. The van der Waals surface area contributed by atoms with Crippen LogP contribution in [-0.4, -0.2) is 5.16 Å². The van der Waals surface area contributed by atoms with E-state index in [1.165, 1.54) is 12.1 Å². The standard InChI is InChI=1S/C10H8ClFN2O/c1-5-4-6(12)2-3-7(5)9-8(11)10(13)14-15-9/h2-4H,1H3,(H2,13,14). The van der Waals surface area contributed by atoms with Crippen LogP contribution in [-0.2, 0) is 0 Å². The zero-order chi connectivity index (χ0) is 11.0. The van der Waals surface area contributed by atoms with Crippen molar-refractivity contribution in [1.82, 2.24) is 5.16 Å². The van der Waals surface area contributed by atoms with Crippen LogP contribution >= 0.6 is 11.6 Å². The van der Waals surface area contributed by atoms with Crippen LogP contribution < -0.4 is 5.73 Å². The number of aryl methyl sites for hydroxylation is 1. The summed E-state index contributed by atoms with van der Waals surface area (Å²) in [5.41, 5.74) is 6.85. The molecule has 0 aliphatic carbocycles. The Kier molecular flexibility index (Phi) is 2.36. The van der Waals surface area contributed by atoms with E-state index < -0.39 is 0 Å². The molecule has 2 aromatic rings. The van der Waals surface area contributed by atoms with Gasteiger partial charge in [0, 0.05) is 5.56 Å². The van der Waals surface area contributed by atoms with Crippen LogP contribution in [0.15, 0.2) is 22.7 Å². The second-order valence-corrected chi connectivity index (χ2v) is 3.55. The molecule has 2 N–H and O–H groups in total. The Labute approximate surface area is 90.6 Å². The number of halogens is 2. The minimum Gasteiger partial charge on any atom is -0.380 e. The summed E-state index contributed by atoms with van der Waals surface area (Å²) in [6.45, 7) is 1.76. The second-order valence-electron chi connectivity index (χ2n) is 3.17. The van der Waals surface area contributed by atoms with Crippen LogP contribution in [0.3, 0.4) is 0 Å². The third kappa shape index (κ3) is 1.68. The lowest BCUT2D eigenvalue weighted by atomic mass is 10.1. The van der Waals surface area contributed by atoms with Gasteiger partial charge in [-0.15, -0.1) is 0 Å². The molecule has 78 valence electrons. The van der Waals surface area contributed by atoms with E-state index in [0.29, 0.717) is 16.9 Å². The van der Waals surface area contributed by atoms with E-state index in [1.54, 1.807) is 13.0 Å². The SMILES string of the molecule is Cc1cc(F)ccc1-c1onc(N)c1Cl. The molecule has 3 nitrogen and oxygen atoms in total. The summed E-state index contributed by atoms with van der Waals surface area (Å²) < 4.78 is 17.8. The van der Waals surface area contributed by atoms with Gasteiger partial charge in [-0.05, 0) is 30.7 Å². The minimum absolute atomic E-state index is 0.135. The van der Waals surface area contributed by atoms with Gasteiger partial charge in [-0.25, -0.2) is 4.39 Å². The molecule has 0 saturated heterocycles. The van der Waals surface area contributed by atoms with E-state index >= 15 is 0 Å². The van der Waals surface area contributed by atoms with E-state index in [-0.39, 0.29) is 16.7 Å². The van der Waals surface area contributed by atoms with Crippen molar-refractivity contribution in [2.24, 2.45) is 0 Å². The fourth-order valence-corrected chi connectivity index (χ4v) is 1.51. The normalized spacial score (nSPS) is 10.6. The largest absolute Gasteiger partial charge is 0.380 e. The quantitative estimate of drug-likeness (QED) is 0.813. The molecule has 0 aliphatic rings. The molecule has 15 heavy (non-hydrogen) atoms. The second kappa shape index (κ2) is 3.55. The van der Waals surface area contributed by atoms with Crippen molar-refractivity contribution in [3.05, 3.63) is 34.6 Å². The number of nitrogen functional groups attached to an aromatic ring is 1. The third-order valence-corrected chi connectivity index (χ3v) is 2.46. The van der Waals surface area contributed by atoms with Crippen LogP contribution in [0, 0.1) is 12.7 Å². The zero-order valence-electron chi connectivity index (χ0n) is 7.92. The average Bonchev–Trinajstić information content (AvgIpc) is 2.49. The molecular formula is C10H8ClFN2O. The van der Waals surface area contributed by atoms with Crippen LogP contribution in [0.5, 0.6) is 0 Å². The number of benzene rings is 1. The maximum atomic E-state index is 12.9. The first-order chi connectivity index (χ1) is 7.09. The van der Waals surface area contributed by atoms with Crippen LogP contribution in [0.1, 0.15) is 5.56 Å². The van der Waals surface area contributed by atoms with Crippen LogP contribution in [0.25, 0.3) is 11.3 Å². The van der Waals surface area contributed by atoms with Gasteiger partial charge >= 0.3 is 0 Å². The summed E-state index contributed by atoms with van der Waals surface area (Å²) in [6.07, 6.45) is 0. The van der Waals surface area contributed by atoms with Crippen molar-refractivity contribution in [1.29, 1.82) is 0 Å². The van der Waals surface area contributed by atoms with Gasteiger partial charge in [0.25, 0.3) is 0 Å². The van der Waals surface area contributed by atoms with Gasteiger partial charge in [-0.2, -0.15) is 0 Å². The fraction of sp³-hybridized carbons (Fsp3) is 0.100. The third-order valence-electron chi connectivity index (χ3n) is 2.09. The summed E-state index contributed by atoms with van der Waals surface area (Å²) in [7, 11) is 0. The first-order valence-electron chi connectivity index (χ1n) is 4.26. The molecule has 0 fully saturated rings. The molecule has 0 radical (unpaired) electrons. The summed E-state index contributed by atoms with van der Waals surface area (Å²) in [5, 5.41) is 3.79. The van der Waals surface area contributed by atoms with Crippen LogP contribution in [0.2, 0.25) is 5.02 Å². The first-order valence-corrected chi connectivity index (χ1v) is 4.64. The Morgan fingerprint density at radius 1 is 1.47 bits per heavy atom. The van der Waals surface area contributed by atoms with Crippen molar-refractivity contribution in [2.75, 3.05) is 5.73 Å². The maximum absolute atomic E-state index is 12.9. The number of aromatic nitrogens is 1. The molecule has 0 aliphatic heterocycles. The summed E-state index contributed by atoms with van der Waals surface area (Å²) in [4.78, 5) is 0. The molecule has 1 aromatic heterocycles. The van der Waals surface area contributed by atoms with Crippen molar-refractivity contribution in [3.63, 3.8) is 0 Å².